The maximum absolute atomic E-state index is 14.4. The molecule has 3 rings (SSSR count). The summed E-state index contributed by atoms with van der Waals surface area (Å²) in [4.78, 5) is 11.4. The van der Waals surface area contributed by atoms with Gasteiger partial charge in [-0.15, -0.1) is 24.0 Å². The summed E-state index contributed by atoms with van der Waals surface area (Å²) < 4.78 is 34.2. The molecule has 6 nitrogen and oxygen atoms in total. The Bertz CT molecular complexity index is 695. The summed E-state index contributed by atoms with van der Waals surface area (Å²) in [6, 6.07) is 3.54. The standard InChI is InChI=1S/C22H35F2N5O.HI/c1-4-25-22(29-9-8-17(16-29)15-28-10-12-30-13-11-28)26-14-20(27(2)3)21-18(23)6-5-7-19(21)24;/h5-7,17,20H,4,8-16H2,1-3H3,(H,25,26);1H. The molecule has 1 aromatic rings. The van der Waals surface area contributed by atoms with Crippen molar-refractivity contribution in [2.75, 3.05) is 73.1 Å². The van der Waals surface area contributed by atoms with Crippen molar-refractivity contribution in [3.8, 4) is 0 Å². The van der Waals surface area contributed by atoms with Crippen molar-refractivity contribution in [2.45, 2.75) is 19.4 Å². The average Bonchev–Trinajstić information content (AvgIpc) is 3.18. The summed E-state index contributed by atoms with van der Waals surface area (Å²) in [6.07, 6.45) is 1.13. The van der Waals surface area contributed by atoms with Gasteiger partial charge in [0.1, 0.15) is 11.6 Å². The molecule has 2 aliphatic rings. The van der Waals surface area contributed by atoms with Gasteiger partial charge in [-0.3, -0.25) is 9.89 Å². The van der Waals surface area contributed by atoms with Crippen molar-refractivity contribution in [3.05, 3.63) is 35.4 Å². The minimum absolute atomic E-state index is 0. The third kappa shape index (κ3) is 7.23. The quantitative estimate of drug-likeness (QED) is 0.321. The molecule has 2 fully saturated rings. The van der Waals surface area contributed by atoms with Gasteiger partial charge in [-0.1, -0.05) is 6.07 Å². The monoisotopic (exact) mass is 551 g/mol. The molecule has 2 atom stereocenters. The van der Waals surface area contributed by atoms with Crippen LogP contribution in [0.1, 0.15) is 24.9 Å². The van der Waals surface area contributed by atoms with Crippen LogP contribution in [-0.2, 0) is 4.74 Å². The van der Waals surface area contributed by atoms with Gasteiger partial charge in [0.25, 0.3) is 0 Å². The van der Waals surface area contributed by atoms with Crippen molar-refractivity contribution >= 4 is 29.9 Å². The second-order valence-electron chi connectivity index (χ2n) is 8.32. The van der Waals surface area contributed by atoms with E-state index < -0.39 is 17.7 Å². The van der Waals surface area contributed by atoms with E-state index in [1.54, 1.807) is 0 Å². The number of guanidine groups is 1. The largest absolute Gasteiger partial charge is 0.379 e. The van der Waals surface area contributed by atoms with Crippen molar-refractivity contribution in [1.29, 1.82) is 0 Å². The number of morpholine rings is 1. The number of aliphatic imine (C=N–C) groups is 1. The predicted molar refractivity (Wildman–Crippen MR) is 131 cm³/mol. The fourth-order valence-corrected chi connectivity index (χ4v) is 4.26. The van der Waals surface area contributed by atoms with Crippen LogP contribution >= 0.6 is 24.0 Å². The molecular weight excluding hydrogens is 515 g/mol. The fraction of sp³-hybridized carbons (Fsp3) is 0.682. The van der Waals surface area contributed by atoms with E-state index >= 15 is 0 Å². The number of benzene rings is 1. The molecule has 31 heavy (non-hydrogen) atoms. The lowest BCUT2D eigenvalue weighted by atomic mass is 10.0. The van der Waals surface area contributed by atoms with E-state index in [0.29, 0.717) is 5.92 Å². The normalized spacial score (nSPS) is 21.3. The van der Waals surface area contributed by atoms with Crippen LogP contribution in [0.4, 0.5) is 8.78 Å². The summed E-state index contributed by atoms with van der Waals surface area (Å²) in [7, 11) is 3.65. The lowest BCUT2D eigenvalue weighted by Crippen LogP contribution is -2.42. The zero-order chi connectivity index (χ0) is 21.5. The fourth-order valence-electron chi connectivity index (χ4n) is 4.26. The van der Waals surface area contributed by atoms with Crippen LogP contribution in [0.5, 0.6) is 0 Å². The van der Waals surface area contributed by atoms with Crippen molar-refractivity contribution in [1.82, 2.24) is 20.0 Å². The first kappa shape index (κ1) is 26.2. The highest BCUT2D eigenvalue weighted by Crippen LogP contribution is 2.25. The van der Waals surface area contributed by atoms with Crippen LogP contribution in [0, 0.1) is 17.6 Å². The molecule has 2 saturated heterocycles. The van der Waals surface area contributed by atoms with E-state index in [2.05, 4.69) is 15.1 Å². The summed E-state index contributed by atoms with van der Waals surface area (Å²) in [5, 5.41) is 3.36. The molecule has 2 heterocycles. The van der Waals surface area contributed by atoms with Crippen LogP contribution < -0.4 is 5.32 Å². The lowest BCUT2D eigenvalue weighted by molar-refractivity contribution is 0.0315. The van der Waals surface area contributed by atoms with Crippen molar-refractivity contribution in [2.24, 2.45) is 10.9 Å². The molecule has 9 heteroatoms. The van der Waals surface area contributed by atoms with E-state index in [1.165, 1.54) is 18.2 Å². The van der Waals surface area contributed by atoms with E-state index in [9.17, 15) is 8.78 Å². The maximum atomic E-state index is 14.4. The molecule has 176 valence electrons. The number of ether oxygens (including phenoxy) is 1. The number of hydrogen-bond donors (Lipinski definition) is 1. The SMILES string of the molecule is CCNC(=NCC(c1c(F)cccc1F)N(C)C)N1CCC(CN2CCOCC2)C1.I. The number of nitrogens with one attached hydrogen (secondary N) is 1. The molecule has 2 unspecified atom stereocenters. The Labute approximate surface area is 202 Å². The molecule has 0 aromatic heterocycles. The molecule has 0 spiro atoms. The highest BCUT2D eigenvalue weighted by Gasteiger charge is 2.28. The van der Waals surface area contributed by atoms with Gasteiger partial charge in [0.15, 0.2) is 5.96 Å². The highest BCUT2D eigenvalue weighted by molar-refractivity contribution is 14.0. The van der Waals surface area contributed by atoms with Crippen LogP contribution in [0.15, 0.2) is 23.2 Å². The number of likely N-dealkylation sites (tertiary alicyclic amines) is 1. The van der Waals surface area contributed by atoms with Gasteiger partial charge in [0, 0.05) is 44.8 Å². The molecule has 1 N–H and O–H groups in total. The van der Waals surface area contributed by atoms with Crippen molar-refractivity contribution < 1.29 is 13.5 Å². The second kappa shape index (κ2) is 12.9. The summed E-state index contributed by atoms with van der Waals surface area (Å²) in [5.74, 6) is 0.368. The van der Waals surface area contributed by atoms with Crippen LogP contribution in [0.2, 0.25) is 0 Å². The minimum Gasteiger partial charge on any atom is -0.379 e. The van der Waals surface area contributed by atoms with Crippen LogP contribution in [-0.4, -0.2) is 93.8 Å². The molecule has 0 saturated carbocycles. The number of halogens is 3. The topological polar surface area (TPSA) is 43.3 Å². The summed E-state index contributed by atoms with van der Waals surface area (Å²) in [6.45, 7) is 9.70. The van der Waals surface area contributed by atoms with E-state index in [4.69, 9.17) is 9.73 Å². The zero-order valence-corrected chi connectivity index (χ0v) is 21.1. The Balaban J connectivity index is 0.00000341. The molecule has 2 aliphatic heterocycles. The van der Waals surface area contributed by atoms with Crippen LogP contribution in [0.25, 0.3) is 0 Å². The summed E-state index contributed by atoms with van der Waals surface area (Å²) >= 11 is 0. The lowest BCUT2D eigenvalue weighted by Gasteiger charge is -2.29. The first-order valence-corrected chi connectivity index (χ1v) is 10.9. The van der Waals surface area contributed by atoms with Gasteiger partial charge in [-0.25, -0.2) is 8.78 Å². The molecule has 0 aliphatic carbocycles. The Morgan fingerprint density at radius 2 is 1.90 bits per heavy atom. The highest BCUT2D eigenvalue weighted by atomic mass is 127. The van der Waals surface area contributed by atoms with Gasteiger partial charge in [0.05, 0.1) is 25.8 Å². The average molecular weight is 551 g/mol. The number of hydrogen-bond acceptors (Lipinski definition) is 4. The van der Waals surface area contributed by atoms with E-state index in [-0.39, 0.29) is 36.1 Å². The van der Waals surface area contributed by atoms with E-state index in [0.717, 1.165) is 64.9 Å². The zero-order valence-electron chi connectivity index (χ0n) is 18.8. The third-order valence-corrected chi connectivity index (χ3v) is 5.91. The molecule has 0 bridgehead atoms. The van der Waals surface area contributed by atoms with Gasteiger partial charge in [-0.05, 0) is 45.5 Å². The Morgan fingerprint density at radius 1 is 1.23 bits per heavy atom. The molecular formula is C22H36F2IN5O. The predicted octanol–water partition coefficient (Wildman–Crippen LogP) is 2.81. The van der Waals surface area contributed by atoms with Crippen molar-refractivity contribution in [3.63, 3.8) is 0 Å². The van der Waals surface area contributed by atoms with Crippen LogP contribution in [0.3, 0.4) is 0 Å². The van der Waals surface area contributed by atoms with E-state index in [1.807, 2.05) is 25.9 Å². The van der Waals surface area contributed by atoms with Gasteiger partial charge in [0.2, 0.25) is 0 Å². The maximum Gasteiger partial charge on any atom is 0.193 e. The first-order chi connectivity index (χ1) is 14.5. The molecule has 0 radical (unpaired) electrons. The number of rotatable bonds is 7. The Kier molecular flexibility index (Phi) is 10.9. The third-order valence-electron chi connectivity index (χ3n) is 5.91. The minimum atomic E-state index is -0.527. The molecule has 0 amide bonds. The second-order valence-corrected chi connectivity index (χ2v) is 8.32. The summed E-state index contributed by atoms with van der Waals surface area (Å²) in [5.41, 5.74) is 0.0775. The van der Waals surface area contributed by atoms with Gasteiger partial charge >= 0.3 is 0 Å². The van der Waals surface area contributed by atoms with Gasteiger partial charge < -0.3 is 19.9 Å². The Hall–Kier alpha value is -1.04. The number of nitrogens with zero attached hydrogens (tertiary/aromatic N) is 4. The number of likely N-dealkylation sites (N-methyl/N-ethyl adjacent to an activating group) is 1. The molecule has 1 aromatic carbocycles. The van der Waals surface area contributed by atoms with Gasteiger partial charge in [-0.2, -0.15) is 0 Å². The first-order valence-electron chi connectivity index (χ1n) is 10.9. The smallest absolute Gasteiger partial charge is 0.193 e. The Morgan fingerprint density at radius 3 is 2.52 bits per heavy atom.